The van der Waals surface area contributed by atoms with Gasteiger partial charge in [-0.25, -0.2) is 0 Å². The van der Waals surface area contributed by atoms with Crippen LogP contribution in [0, 0.1) is 17.8 Å². The second-order valence-corrected chi connectivity index (χ2v) is 9.86. The van der Waals surface area contributed by atoms with Gasteiger partial charge in [0.25, 0.3) is 5.91 Å². The van der Waals surface area contributed by atoms with Crippen molar-refractivity contribution in [2.75, 3.05) is 0 Å². The van der Waals surface area contributed by atoms with E-state index in [2.05, 4.69) is 36.5 Å². The largest absolute Gasteiger partial charge is 0.346 e. The van der Waals surface area contributed by atoms with Crippen molar-refractivity contribution in [2.24, 2.45) is 17.8 Å². The summed E-state index contributed by atoms with van der Waals surface area (Å²) < 4.78 is 1.25. The molecule has 0 atom stereocenters. The Morgan fingerprint density at radius 3 is 2.40 bits per heavy atom. The highest BCUT2D eigenvalue weighted by atomic mass is 32.1. The Labute approximate surface area is 154 Å². The molecule has 0 unspecified atom stereocenters. The first-order valence-electron chi connectivity index (χ1n) is 9.99. The van der Waals surface area contributed by atoms with Gasteiger partial charge in [-0.2, -0.15) is 0 Å². The third-order valence-electron chi connectivity index (χ3n) is 6.82. The van der Waals surface area contributed by atoms with Crippen LogP contribution in [-0.2, 0) is 6.42 Å². The lowest BCUT2D eigenvalue weighted by Gasteiger charge is -2.56. The molecule has 0 aliphatic heterocycles. The number of hydrogen-bond acceptors (Lipinski definition) is 2. The molecular weight excluding hydrogens is 326 g/mol. The average molecular weight is 354 g/mol. The molecule has 4 saturated carbocycles. The molecule has 0 saturated heterocycles. The molecule has 4 fully saturated rings. The van der Waals surface area contributed by atoms with Crippen LogP contribution in [0.15, 0.2) is 24.3 Å². The SMILES string of the molecule is CCCc1c(C(=O)NC23CC4CC(CC(C4)C2)C3)sc2ccccc12. The number of amides is 1. The van der Waals surface area contributed by atoms with E-state index in [-0.39, 0.29) is 11.4 Å². The number of carbonyl (C=O) groups is 1. The molecule has 1 aromatic heterocycles. The minimum atomic E-state index is 0.103. The molecule has 2 nitrogen and oxygen atoms in total. The van der Waals surface area contributed by atoms with Crippen LogP contribution in [-0.4, -0.2) is 11.4 Å². The Hall–Kier alpha value is -1.35. The fraction of sp³-hybridized carbons (Fsp3) is 0.591. The molecule has 3 heteroatoms. The summed E-state index contributed by atoms with van der Waals surface area (Å²) in [7, 11) is 0. The summed E-state index contributed by atoms with van der Waals surface area (Å²) in [4.78, 5) is 14.3. The molecule has 132 valence electrons. The van der Waals surface area contributed by atoms with Crippen LogP contribution in [0.4, 0.5) is 0 Å². The van der Waals surface area contributed by atoms with Gasteiger partial charge in [-0.3, -0.25) is 4.79 Å². The van der Waals surface area contributed by atoms with Crippen LogP contribution >= 0.6 is 11.3 Å². The van der Waals surface area contributed by atoms with E-state index < -0.39 is 0 Å². The molecule has 4 aliphatic carbocycles. The highest BCUT2D eigenvalue weighted by molar-refractivity contribution is 7.21. The minimum Gasteiger partial charge on any atom is -0.346 e. The van der Waals surface area contributed by atoms with E-state index in [0.29, 0.717) is 0 Å². The summed E-state index contributed by atoms with van der Waals surface area (Å²) in [6.07, 6.45) is 9.99. The Morgan fingerprint density at radius 2 is 1.76 bits per heavy atom. The zero-order chi connectivity index (χ0) is 17.0. The molecule has 0 radical (unpaired) electrons. The van der Waals surface area contributed by atoms with E-state index in [0.717, 1.165) is 35.5 Å². The maximum absolute atomic E-state index is 13.3. The standard InChI is InChI=1S/C22H27NOS/c1-2-5-18-17-6-3-4-7-19(17)25-20(18)21(24)23-22-11-14-8-15(12-22)10-16(9-14)13-22/h3-4,6-7,14-16H,2,5,8-13H2,1H3,(H,23,24). The van der Waals surface area contributed by atoms with Crippen LogP contribution in [0.2, 0.25) is 0 Å². The number of aryl methyl sites for hydroxylation is 1. The quantitative estimate of drug-likeness (QED) is 0.767. The number of fused-ring (bicyclic) bond motifs is 1. The van der Waals surface area contributed by atoms with Crippen molar-refractivity contribution in [3.63, 3.8) is 0 Å². The van der Waals surface area contributed by atoms with Crippen molar-refractivity contribution < 1.29 is 4.79 Å². The lowest BCUT2D eigenvalue weighted by atomic mass is 9.53. The minimum absolute atomic E-state index is 0.103. The van der Waals surface area contributed by atoms with Crippen molar-refractivity contribution in [3.05, 3.63) is 34.7 Å². The third-order valence-corrected chi connectivity index (χ3v) is 8.03. The lowest BCUT2D eigenvalue weighted by Crippen LogP contribution is -2.59. The Balaban J connectivity index is 1.47. The first-order chi connectivity index (χ1) is 12.2. The molecule has 1 amide bonds. The Kier molecular flexibility index (Phi) is 3.70. The van der Waals surface area contributed by atoms with Crippen LogP contribution in [0.25, 0.3) is 10.1 Å². The summed E-state index contributed by atoms with van der Waals surface area (Å²) in [5, 5.41) is 4.85. The van der Waals surface area contributed by atoms with Crippen molar-refractivity contribution in [3.8, 4) is 0 Å². The number of rotatable bonds is 4. The smallest absolute Gasteiger partial charge is 0.262 e. The van der Waals surface area contributed by atoms with Crippen molar-refractivity contribution in [2.45, 2.75) is 63.8 Å². The summed E-state index contributed by atoms with van der Waals surface area (Å²) in [6.45, 7) is 2.20. The van der Waals surface area contributed by atoms with Gasteiger partial charge in [0.1, 0.15) is 0 Å². The first kappa shape index (κ1) is 15.9. The second-order valence-electron chi connectivity index (χ2n) is 8.81. The van der Waals surface area contributed by atoms with Crippen LogP contribution < -0.4 is 5.32 Å². The predicted molar refractivity (Wildman–Crippen MR) is 104 cm³/mol. The lowest BCUT2D eigenvalue weighted by molar-refractivity contribution is -0.0166. The van der Waals surface area contributed by atoms with Gasteiger partial charge in [-0.1, -0.05) is 31.5 Å². The van der Waals surface area contributed by atoms with E-state index in [1.807, 2.05) is 0 Å². The van der Waals surface area contributed by atoms with Crippen molar-refractivity contribution >= 4 is 27.3 Å². The molecule has 1 heterocycles. The zero-order valence-corrected chi connectivity index (χ0v) is 15.8. The highest BCUT2D eigenvalue weighted by Crippen LogP contribution is 2.55. The summed E-state index contributed by atoms with van der Waals surface area (Å²) in [6, 6.07) is 8.50. The zero-order valence-electron chi connectivity index (χ0n) is 15.0. The Morgan fingerprint density at radius 1 is 1.12 bits per heavy atom. The van der Waals surface area contributed by atoms with E-state index in [1.165, 1.54) is 54.2 Å². The molecule has 1 N–H and O–H groups in total. The van der Waals surface area contributed by atoms with Gasteiger partial charge in [-0.05, 0) is 79.7 Å². The molecule has 4 bridgehead atoms. The first-order valence-corrected chi connectivity index (χ1v) is 10.8. The van der Waals surface area contributed by atoms with Crippen LogP contribution in [0.5, 0.6) is 0 Å². The number of carbonyl (C=O) groups excluding carboxylic acids is 1. The van der Waals surface area contributed by atoms with Gasteiger partial charge in [0, 0.05) is 10.2 Å². The van der Waals surface area contributed by atoms with E-state index in [9.17, 15) is 4.79 Å². The molecule has 0 spiro atoms. The van der Waals surface area contributed by atoms with E-state index in [4.69, 9.17) is 0 Å². The normalized spacial score (nSPS) is 33.1. The fourth-order valence-corrected chi connectivity index (χ4v) is 7.49. The topological polar surface area (TPSA) is 29.1 Å². The molecular formula is C22H27NOS. The molecule has 6 rings (SSSR count). The van der Waals surface area contributed by atoms with Gasteiger partial charge in [-0.15, -0.1) is 11.3 Å². The average Bonchev–Trinajstić information content (AvgIpc) is 2.93. The van der Waals surface area contributed by atoms with Crippen molar-refractivity contribution in [1.82, 2.24) is 5.32 Å². The van der Waals surface area contributed by atoms with E-state index in [1.54, 1.807) is 11.3 Å². The summed E-state index contributed by atoms with van der Waals surface area (Å²) >= 11 is 1.69. The highest BCUT2D eigenvalue weighted by Gasteiger charge is 2.51. The van der Waals surface area contributed by atoms with Crippen LogP contribution in [0.3, 0.4) is 0 Å². The van der Waals surface area contributed by atoms with E-state index >= 15 is 0 Å². The maximum atomic E-state index is 13.3. The number of nitrogens with one attached hydrogen (secondary N) is 1. The predicted octanol–water partition coefficient (Wildman–Crippen LogP) is 5.55. The summed E-state index contributed by atoms with van der Waals surface area (Å²) in [5.74, 6) is 2.80. The van der Waals surface area contributed by atoms with Gasteiger partial charge >= 0.3 is 0 Å². The van der Waals surface area contributed by atoms with Crippen LogP contribution in [0.1, 0.15) is 67.1 Å². The summed E-state index contributed by atoms with van der Waals surface area (Å²) in [5.41, 5.74) is 1.37. The number of hydrogen-bond donors (Lipinski definition) is 1. The third kappa shape index (κ3) is 2.63. The molecule has 1 aromatic carbocycles. The maximum Gasteiger partial charge on any atom is 0.262 e. The van der Waals surface area contributed by atoms with Gasteiger partial charge in [0.15, 0.2) is 0 Å². The molecule has 4 aliphatic rings. The molecule has 2 aromatic rings. The number of benzene rings is 1. The monoisotopic (exact) mass is 353 g/mol. The molecule has 25 heavy (non-hydrogen) atoms. The van der Waals surface area contributed by atoms with Crippen molar-refractivity contribution in [1.29, 1.82) is 0 Å². The van der Waals surface area contributed by atoms with Gasteiger partial charge in [0.05, 0.1) is 4.88 Å². The number of thiophene rings is 1. The van der Waals surface area contributed by atoms with Gasteiger partial charge < -0.3 is 5.32 Å². The fourth-order valence-electron chi connectivity index (χ4n) is 6.34. The second kappa shape index (κ2) is 5.84. The van der Waals surface area contributed by atoms with Gasteiger partial charge in [0.2, 0.25) is 0 Å². The Bertz CT molecular complexity index is 785.